The van der Waals surface area contributed by atoms with E-state index in [4.69, 9.17) is 5.11 Å². The summed E-state index contributed by atoms with van der Waals surface area (Å²) in [7, 11) is 1.82. The first-order chi connectivity index (χ1) is 6.20. The molecule has 13 heavy (non-hydrogen) atoms. The van der Waals surface area contributed by atoms with Gasteiger partial charge in [0.1, 0.15) is 5.82 Å². The van der Waals surface area contributed by atoms with Gasteiger partial charge in [0.15, 0.2) is 0 Å². The van der Waals surface area contributed by atoms with E-state index in [2.05, 4.69) is 4.98 Å². The fraction of sp³-hybridized carbons (Fsp3) is 0.333. The highest BCUT2D eigenvalue weighted by Crippen LogP contribution is 2.06. The maximum Gasteiger partial charge on any atom is 0.305 e. The molecule has 0 saturated carbocycles. The summed E-state index contributed by atoms with van der Waals surface area (Å²) in [5, 5.41) is 8.46. The van der Waals surface area contributed by atoms with Crippen molar-refractivity contribution < 1.29 is 9.90 Å². The molecule has 0 aliphatic heterocycles. The summed E-state index contributed by atoms with van der Waals surface area (Å²) in [6, 6.07) is 5.55. The summed E-state index contributed by atoms with van der Waals surface area (Å²) in [6.07, 6.45) is 1.82. The first-order valence-electron chi connectivity index (χ1n) is 4.04. The van der Waals surface area contributed by atoms with Crippen LogP contribution in [-0.4, -0.2) is 29.7 Å². The van der Waals surface area contributed by atoms with E-state index in [9.17, 15) is 4.79 Å². The van der Waals surface area contributed by atoms with Crippen LogP contribution in [0, 0.1) is 0 Å². The molecule has 1 rings (SSSR count). The van der Waals surface area contributed by atoms with Crippen LogP contribution in [-0.2, 0) is 4.79 Å². The number of hydrogen-bond donors (Lipinski definition) is 1. The number of nitrogens with zero attached hydrogens (tertiary/aromatic N) is 2. The smallest absolute Gasteiger partial charge is 0.305 e. The molecule has 4 heteroatoms. The predicted octanol–water partition coefficient (Wildman–Crippen LogP) is 0.992. The molecule has 0 bridgehead atoms. The summed E-state index contributed by atoms with van der Waals surface area (Å²) < 4.78 is 0. The Balaban J connectivity index is 2.49. The van der Waals surface area contributed by atoms with Gasteiger partial charge in [0, 0.05) is 19.8 Å². The molecule has 1 aromatic rings. The first kappa shape index (κ1) is 9.51. The molecule has 0 aromatic carbocycles. The van der Waals surface area contributed by atoms with Crippen LogP contribution in [0.4, 0.5) is 5.82 Å². The van der Waals surface area contributed by atoms with E-state index in [1.807, 2.05) is 30.1 Å². The molecule has 0 spiro atoms. The predicted molar refractivity (Wildman–Crippen MR) is 49.8 cm³/mol. The van der Waals surface area contributed by atoms with Gasteiger partial charge in [0.2, 0.25) is 0 Å². The highest BCUT2D eigenvalue weighted by molar-refractivity contribution is 5.67. The Bertz CT molecular complexity index is 274. The van der Waals surface area contributed by atoms with E-state index < -0.39 is 5.97 Å². The van der Waals surface area contributed by atoms with Crippen molar-refractivity contribution in [2.45, 2.75) is 6.42 Å². The number of rotatable bonds is 4. The largest absolute Gasteiger partial charge is 0.481 e. The van der Waals surface area contributed by atoms with Crippen LogP contribution in [0.2, 0.25) is 0 Å². The maximum absolute atomic E-state index is 10.3. The van der Waals surface area contributed by atoms with E-state index >= 15 is 0 Å². The average Bonchev–Trinajstić information content (AvgIpc) is 2.15. The molecular formula is C9H12N2O2. The van der Waals surface area contributed by atoms with Gasteiger partial charge < -0.3 is 10.0 Å². The van der Waals surface area contributed by atoms with Crippen molar-refractivity contribution in [3.63, 3.8) is 0 Å². The molecule has 0 aliphatic rings. The number of carboxylic acids is 1. The van der Waals surface area contributed by atoms with E-state index in [1.54, 1.807) is 6.20 Å². The van der Waals surface area contributed by atoms with Crippen molar-refractivity contribution in [2.24, 2.45) is 0 Å². The monoisotopic (exact) mass is 180 g/mol. The molecule has 1 heterocycles. The Morgan fingerprint density at radius 2 is 2.38 bits per heavy atom. The standard InChI is InChI=1S/C9H12N2O2/c1-11(7-5-9(12)13)8-4-2-3-6-10-8/h2-4,6H,5,7H2,1H3,(H,12,13). The fourth-order valence-electron chi connectivity index (χ4n) is 0.957. The Morgan fingerprint density at radius 3 is 2.92 bits per heavy atom. The van der Waals surface area contributed by atoms with Gasteiger partial charge in [-0.3, -0.25) is 4.79 Å². The number of aliphatic carboxylic acids is 1. The van der Waals surface area contributed by atoms with Gasteiger partial charge in [-0.1, -0.05) is 6.07 Å². The SMILES string of the molecule is CN(CCC(=O)O)c1ccccn1. The quantitative estimate of drug-likeness (QED) is 0.750. The zero-order valence-corrected chi connectivity index (χ0v) is 7.47. The lowest BCUT2D eigenvalue weighted by atomic mass is 10.4. The van der Waals surface area contributed by atoms with Gasteiger partial charge in [-0.05, 0) is 12.1 Å². The molecule has 1 N–H and O–H groups in total. The minimum absolute atomic E-state index is 0.132. The summed E-state index contributed by atoms with van der Waals surface area (Å²) in [5.41, 5.74) is 0. The van der Waals surface area contributed by atoms with Crippen molar-refractivity contribution in [1.29, 1.82) is 0 Å². The zero-order chi connectivity index (χ0) is 9.68. The van der Waals surface area contributed by atoms with Crippen LogP contribution >= 0.6 is 0 Å². The molecule has 0 saturated heterocycles. The Hall–Kier alpha value is -1.58. The summed E-state index contributed by atoms with van der Waals surface area (Å²) >= 11 is 0. The van der Waals surface area contributed by atoms with Crippen LogP contribution in [0.1, 0.15) is 6.42 Å². The lowest BCUT2D eigenvalue weighted by Gasteiger charge is -2.16. The van der Waals surface area contributed by atoms with Crippen LogP contribution in [0.25, 0.3) is 0 Å². The second-order valence-electron chi connectivity index (χ2n) is 2.75. The third-order valence-electron chi connectivity index (χ3n) is 1.70. The third-order valence-corrected chi connectivity index (χ3v) is 1.70. The maximum atomic E-state index is 10.3. The summed E-state index contributed by atoms with van der Waals surface area (Å²) in [6.45, 7) is 0.479. The highest BCUT2D eigenvalue weighted by Gasteiger charge is 2.03. The molecule has 0 fully saturated rings. The van der Waals surface area contributed by atoms with E-state index in [0.29, 0.717) is 6.54 Å². The van der Waals surface area contributed by atoms with E-state index in [1.165, 1.54) is 0 Å². The number of carbonyl (C=O) groups is 1. The highest BCUT2D eigenvalue weighted by atomic mass is 16.4. The lowest BCUT2D eigenvalue weighted by molar-refractivity contribution is -0.136. The number of aromatic nitrogens is 1. The molecule has 0 atom stereocenters. The third kappa shape index (κ3) is 3.11. The van der Waals surface area contributed by atoms with Crippen molar-refractivity contribution in [1.82, 2.24) is 4.98 Å². The van der Waals surface area contributed by atoms with Crippen molar-refractivity contribution >= 4 is 11.8 Å². The van der Waals surface area contributed by atoms with Gasteiger partial charge in [-0.25, -0.2) is 4.98 Å². The molecular weight excluding hydrogens is 168 g/mol. The van der Waals surface area contributed by atoms with Crippen molar-refractivity contribution in [3.8, 4) is 0 Å². The minimum Gasteiger partial charge on any atom is -0.481 e. The number of carboxylic acid groups (broad SMARTS) is 1. The average molecular weight is 180 g/mol. The Kier molecular flexibility index (Phi) is 3.25. The van der Waals surface area contributed by atoms with Crippen LogP contribution in [0.5, 0.6) is 0 Å². The zero-order valence-electron chi connectivity index (χ0n) is 7.47. The fourth-order valence-corrected chi connectivity index (χ4v) is 0.957. The lowest BCUT2D eigenvalue weighted by Crippen LogP contribution is -2.21. The Morgan fingerprint density at radius 1 is 1.62 bits per heavy atom. The van der Waals surface area contributed by atoms with Crippen molar-refractivity contribution in [2.75, 3.05) is 18.5 Å². The number of anilines is 1. The van der Waals surface area contributed by atoms with Gasteiger partial charge in [-0.15, -0.1) is 0 Å². The van der Waals surface area contributed by atoms with Crippen LogP contribution in [0.15, 0.2) is 24.4 Å². The van der Waals surface area contributed by atoms with Crippen LogP contribution in [0.3, 0.4) is 0 Å². The second kappa shape index (κ2) is 4.45. The molecule has 4 nitrogen and oxygen atoms in total. The minimum atomic E-state index is -0.789. The van der Waals surface area contributed by atoms with Gasteiger partial charge in [-0.2, -0.15) is 0 Å². The molecule has 1 aromatic heterocycles. The van der Waals surface area contributed by atoms with Gasteiger partial charge >= 0.3 is 5.97 Å². The summed E-state index contributed by atoms with van der Waals surface area (Å²) in [5.74, 6) is 0.00605. The molecule has 0 unspecified atom stereocenters. The normalized spacial score (nSPS) is 9.62. The van der Waals surface area contributed by atoms with E-state index in [-0.39, 0.29) is 6.42 Å². The number of pyridine rings is 1. The molecule has 0 radical (unpaired) electrons. The van der Waals surface area contributed by atoms with E-state index in [0.717, 1.165) is 5.82 Å². The first-order valence-corrected chi connectivity index (χ1v) is 4.04. The molecule has 70 valence electrons. The van der Waals surface area contributed by atoms with Crippen molar-refractivity contribution in [3.05, 3.63) is 24.4 Å². The number of hydrogen-bond acceptors (Lipinski definition) is 3. The van der Waals surface area contributed by atoms with Crippen LogP contribution < -0.4 is 4.90 Å². The topological polar surface area (TPSA) is 53.4 Å². The van der Waals surface area contributed by atoms with Gasteiger partial charge in [0.05, 0.1) is 6.42 Å². The summed E-state index contributed by atoms with van der Waals surface area (Å²) in [4.78, 5) is 16.2. The second-order valence-corrected chi connectivity index (χ2v) is 2.75. The van der Waals surface area contributed by atoms with Gasteiger partial charge in [0.25, 0.3) is 0 Å². The Labute approximate surface area is 76.8 Å². The molecule has 0 amide bonds. The molecule has 0 aliphatic carbocycles.